The van der Waals surface area contributed by atoms with Crippen LogP contribution in [0.15, 0.2) is 132 Å². The molecule has 0 fully saturated rings. The molecular weight excluding hydrogens is 973 g/mol. The van der Waals surface area contributed by atoms with E-state index >= 15 is 0 Å². The van der Waals surface area contributed by atoms with Crippen LogP contribution in [0.25, 0.3) is 66.7 Å². The third-order valence-corrected chi connectivity index (χ3v) is 15.6. The van der Waals surface area contributed by atoms with E-state index in [0.29, 0.717) is 18.4 Å². The van der Waals surface area contributed by atoms with Crippen LogP contribution in [0.5, 0.6) is 0 Å². The van der Waals surface area contributed by atoms with Crippen LogP contribution in [0.1, 0.15) is 67.5 Å². The molecule has 0 unspecified atom stereocenters. The predicted molar refractivity (Wildman–Crippen MR) is 249 cm³/mol. The molecule has 4 aromatic heterocycles. The number of nitrogens with zero attached hydrogens (tertiary/aromatic N) is 4. The molecule has 0 bridgehead atoms. The van der Waals surface area contributed by atoms with Gasteiger partial charge in [0.25, 0.3) is 0 Å². The van der Waals surface area contributed by atoms with Gasteiger partial charge in [-0.15, -0.1) is 17.7 Å². The maximum absolute atomic E-state index is 6.59. The Morgan fingerprint density at radius 1 is 0.733 bits per heavy atom. The van der Waals surface area contributed by atoms with Gasteiger partial charge in [0.05, 0.1) is 28.1 Å². The first-order valence-electron chi connectivity index (χ1n) is 20.7. The Kier molecular flexibility index (Phi) is 12.8. The molecular formula is C53H52GeIrN4O-2. The van der Waals surface area contributed by atoms with E-state index in [2.05, 4.69) is 163 Å². The molecule has 0 N–H and O–H groups in total. The Morgan fingerprint density at radius 3 is 2.08 bits per heavy atom. The quantitative estimate of drug-likeness (QED) is 0.112. The van der Waals surface area contributed by atoms with Crippen LogP contribution in [-0.2, 0) is 26.7 Å². The Bertz CT molecular complexity index is 2880. The summed E-state index contributed by atoms with van der Waals surface area (Å²) in [6, 6.07) is 47.1. The van der Waals surface area contributed by atoms with Crippen molar-refractivity contribution in [3.8, 4) is 33.8 Å². The Morgan fingerprint density at radius 2 is 1.43 bits per heavy atom. The molecule has 0 atom stereocenters. The van der Waals surface area contributed by atoms with E-state index in [9.17, 15) is 0 Å². The van der Waals surface area contributed by atoms with E-state index in [1.165, 1.54) is 32.2 Å². The molecule has 7 heteroatoms. The number of pyridine rings is 2. The van der Waals surface area contributed by atoms with Crippen molar-refractivity contribution in [2.75, 3.05) is 0 Å². The van der Waals surface area contributed by atoms with Crippen LogP contribution in [0.3, 0.4) is 0 Å². The molecule has 5 aromatic carbocycles. The van der Waals surface area contributed by atoms with E-state index in [0.717, 1.165) is 66.9 Å². The van der Waals surface area contributed by atoms with Crippen molar-refractivity contribution in [2.24, 2.45) is 0 Å². The average molecular weight is 1030 g/mol. The zero-order valence-corrected chi connectivity index (χ0v) is 40.5. The van der Waals surface area contributed by atoms with Crippen molar-refractivity contribution in [3.63, 3.8) is 0 Å². The second-order valence-corrected chi connectivity index (χ2v) is 27.9. The minimum Gasteiger partial charge on any atom is 0 e. The first-order chi connectivity index (χ1) is 28.4. The molecule has 0 aliphatic rings. The van der Waals surface area contributed by atoms with Crippen molar-refractivity contribution in [2.45, 2.75) is 77.2 Å². The van der Waals surface area contributed by atoms with Crippen LogP contribution >= 0.6 is 0 Å². The molecule has 0 saturated heterocycles. The molecule has 9 rings (SSSR count). The number of hydrogen-bond acceptors (Lipinski definition) is 4. The number of aromatic nitrogens is 4. The average Bonchev–Trinajstić information content (AvgIpc) is 3.82. The number of imidazole rings is 1. The standard InChI is InChI=1S/C39H36N3O.C14H16GeN.Ir/c1-23(2)31-20-28(27-12-8-7-9-13-27)21-32(24(3)4)33(31)22-42-35-15-11-10-14-34(35)41-39(42)30-17-16-25(5)36-29-18-19-40-26(6)37(29)43-38(30)36;1-15(2,3)13-9-10-14(16-11-13)12-7-5-4-6-8-12;/h7-16,18-21,23-24H,22H2,1-6H3;4-7,9-11H,1-3H3;/q2*-1;. The van der Waals surface area contributed by atoms with Crippen molar-refractivity contribution in [1.29, 1.82) is 0 Å². The summed E-state index contributed by atoms with van der Waals surface area (Å²) in [4.78, 5) is 14.3. The van der Waals surface area contributed by atoms with Crippen LogP contribution in [0.2, 0.25) is 17.3 Å². The Labute approximate surface area is 371 Å². The van der Waals surface area contributed by atoms with Crippen LogP contribution < -0.4 is 4.40 Å². The van der Waals surface area contributed by atoms with E-state index in [4.69, 9.17) is 9.40 Å². The number of furan rings is 1. The van der Waals surface area contributed by atoms with Gasteiger partial charge in [-0.2, -0.15) is 0 Å². The summed E-state index contributed by atoms with van der Waals surface area (Å²) in [5.41, 5.74) is 15.3. The van der Waals surface area contributed by atoms with E-state index in [1.54, 1.807) is 0 Å². The van der Waals surface area contributed by atoms with Crippen LogP contribution in [-0.4, -0.2) is 32.8 Å². The van der Waals surface area contributed by atoms with Gasteiger partial charge in [0, 0.05) is 38.2 Å². The number of fused-ring (bicyclic) bond motifs is 4. The van der Waals surface area contributed by atoms with Gasteiger partial charge in [-0.3, -0.25) is 9.97 Å². The summed E-state index contributed by atoms with van der Waals surface area (Å²) in [6.45, 7) is 14.0. The van der Waals surface area contributed by atoms with Gasteiger partial charge in [0.1, 0.15) is 5.58 Å². The van der Waals surface area contributed by atoms with Crippen molar-refractivity contribution >= 4 is 50.6 Å². The largest absolute Gasteiger partial charge is 0 e. The molecule has 0 amide bonds. The SMILES string of the molecule is Cc1nccc2c1oc1c(-c3nc4ccccc4n3Cc3c(C(C)C)cc(-c4ccccc4)cc3C(C)C)[c-]cc(C)c12.[CH3][Ge]([CH3])([CH3])[c]1ccc(-c2[c-]cccc2)nc1.[Ir]. The summed E-state index contributed by atoms with van der Waals surface area (Å²) in [7, 11) is 0. The van der Waals surface area contributed by atoms with Gasteiger partial charge in [-0.05, 0) is 64.8 Å². The van der Waals surface area contributed by atoms with Gasteiger partial charge < -0.3 is 8.98 Å². The summed E-state index contributed by atoms with van der Waals surface area (Å²) in [5, 5.41) is 2.18. The van der Waals surface area contributed by atoms with Gasteiger partial charge >= 0.3 is 99.8 Å². The number of benzene rings is 5. The van der Waals surface area contributed by atoms with Gasteiger partial charge in [-0.25, -0.2) is 0 Å². The first kappa shape index (κ1) is 43.0. The predicted octanol–water partition coefficient (Wildman–Crippen LogP) is 13.5. The maximum atomic E-state index is 6.59. The molecule has 1 radical (unpaired) electrons. The second kappa shape index (κ2) is 17.8. The van der Waals surface area contributed by atoms with Crippen LogP contribution in [0.4, 0.5) is 0 Å². The molecule has 5 nitrogen and oxygen atoms in total. The minimum atomic E-state index is -1.72. The summed E-state index contributed by atoms with van der Waals surface area (Å²) in [6.07, 6.45) is 3.90. The molecule has 9 aromatic rings. The fourth-order valence-corrected chi connectivity index (χ4v) is 10.2. The second-order valence-electron chi connectivity index (χ2n) is 17.2. The Balaban J connectivity index is 0.000000270. The normalized spacial score (nSPS) is 11.7. The van der Waals surface area contributed by atoms with Crippen LogP contribution in [0, 0.1) is 26.0 Å². The molecule has 0 saturated carbocycles. The third-order valence-electron chi connectivity index (χ3n) is 11.3. The molecule has 0 aliphatic heterocycles. The molecule has 4 heterocycles. The number of aryl methyl sites for hydroxylation is 2. The summed E-state index contributed by atoms with van der Waals surface area (Å²) < 4.78 is 10.4. The molecule has 0 aliphatic carbocycles. The zero-order valence-electron chi connectivity index (χ0n) is 36.0. The first-order valence-corrected chi connectivity index (χ1v) is 28.0. The molecule has 0 spiro atoms. The van der Waals surface area contributed by atoms with E-state index in [-0.39, 0.29) is 20.1 Å². The zero-order chi connectivity index (χ0) is 41.4. The van der Waals surface area contributed by atoms with Crippen molar-refractivity contribution in [1.82, 2.24) is 19.5 Å². The monoisotopic (exact) mass is 1030 g/mol. The number of rotatable bonds is 8. The topological polar surface area (TPSA) is 56.7 Å². The van der Waals surface area contributed by atoms with Crippen molar-refractivity contribution < 1.29 is 24.5 Å². The minimum absolute atomic E-state index is 0. The third kappa shape index (κ3) is 8.56. The molecule has 60 heavy (non-hydrogen) atoms. The smallest absolute Gasteiger partial charge is 0 e. The Hall–Kier alpha value is -5.14. The fourth-order valence-electron chi connectivity index (χ4n) is 8.07. The molecule has 305 valence electrons. The summed E-state index contributed by atoms with van der Waals surface area (Å²) >= 11 is -1.72. The van der Waals surface area contributed by atoms with Gasteiger partial charge in [0.15, 0.2) is 0 Å². The fraction of sp³-hybridized carbons (Fsp3) is 0.226. The van der Waals surface area contributed by atoms with E-state index in [1.807, 2.05) is 49.6 Å². The maximum Gasteiger partial charge on any atom is 0 e. The number of para-hydroxylation sites is 2. The van der Waals surface area contributed by atoms with Gasteiger partial charge in [0.2, 0.25) is 0 Å². The summed E-state index contributed by atoms with van der Waals surface area (Å²) in [5.74, 6) is 8.73. The van der Waals surface area contributed by atoms with Gasteiger partial charge in [-0.1, -0.05) is 100 Å². The van der Waals surface area contributed by atoms with Crippen molar-refractivity contribution in [3.05, 3.63) is 168 Å². The number of hydrogen-bond donors (Lipinski definition) is 0. The van der Waals surface area contributed by atoms with E-state index < -0.39 is 13.3 Å².